The Kier molecular flexibility index (Phi) is 41.1. The molecule has 0 radical (unpaired) electrons. The Morgan fingerprint density at radius 3 is 1.34 bits per heavy atom. The van der Waals surface area contributed by atoms with E-state index in [2.05, 4.69) is 385 Å². The zero-order valence-corrected chi connectivity index (χ0v) is 84.3. The van der Waals surface area contributed by atoms with Gasteiger partial charge in [0.2, 0.25) is 0 Å². The van der Waals surface area contributed by atoms with Crippen LogP contribution in [-0.4, -0.2) is 178 Å². The van der Waals surface area contributed by atoms with Crippen molar-refractivity contribution in [2.45, 2.75) is 460 Å². The molecule has 0 spiro atoms. The van der Waals surface area contributed by atoms with Crippen LogP contribution in [0.2, 0.25) is 0 Å². The predicted octanol–water partition coefficient (Wildman–Crippen LogP) is 23.7. The van der Waals surface area contributed by atoms with Crippen molar-refractivity contribution in [1.29, 1.82) is 0 Å². The van der Waals surface area contributed by atoms with Crippen LogP contribution >= 0.6 is 0 Å². The summed E-state index contributed by atoms with van der Waals surface area (Å²) in [6, 6.07) is 25.7. The SMILES string of the molecule is CC(C)C12CC[N+](C(C)(C)C)(CC1)CC2.CC(C)C1CC2CCC(C1)[N+]2(C)C(C)C.CC(C)N1CC[N+]2(C(C)C)CCCC2C1.CC(C)[N+](C)(C)C(C)C.CC(C)[N+]1(C(C)C)CCCC1.CC(C)c1c[n+](C(C)C)c2n1CCC2.CC(C)c1cc[n+](C(C)C)cc1.CC(C)c1ccc[n+](C(C)C)c1.CC(C)c1cccc[n+]1C(C)C. The number of piperazine rings is 1. The van der Waals surface area contributed by atoms with Crippen molar-refractivity contribution < 1.29 is 40.7 Å². The summed E-state index contributed by atoms with van der Waals surface area (Å²) in [6.45, 7) is 99.3. The lowest BCUT2D eigenvalue weighted by atomic mass is 9.63. The fraction of sp³-hybridized carbons (Fsp3) is 0.827. The predicted molar refractivity (Wildman–Crippen MR) is 499 cm³/mol. The Labute approximate surface area is 717 Å². The molecule has 13 rings (SSSR count). The fourth-order valence-electron chi connectivity index (χ4n) is 21.0. The number of hydrogen-bond acceptors (Lipinski definition) is 1. The molecule has 9 aliphatic heterocycles. The summed E-state index contributed by atoms with van der Waals surface area (Å²) in [5, 5.41) is 0. The molecule has 8 saturated heterocycles. The van der Waals surface area contributed by atoms with E-state index in [4.69, 9.17) is 0 Å². The van der Waals surface area contributed by atoms with E-state index in [0.29, 0.717) is 58.8 Å². The largest absolute Gasteiger partial charge is 0.325 e. The topological polar surface area (TPSA) is 23.7 Å². The number of quaternary nitrogens is 5. The second-order valence-electron chi connectivity index (χ2n) is 44.5. The van der Waals surface area contributed by atoms with Gasteiger partial charge < -0.3 is 22.4 Å². The highest BCUT2D eigenvalue weighted by Crippen LogP contribution is 2.52. The summed E-state index contributed by atoms with van der Waals surface area (Å²) >= 11 is 0. The number of rotatable bonds is 17. The lowest BCUT2D eigenvalue weighted by molar-refractivity contribution is -0.986. The highest BCUT2D eigenvalue weighted by atomic mass is 15.5. The van der Waals surface area contributed by atoms with Crippen LogP contribution < -0.4 is 18.3 Å². The van der Waals surface area contributed by atoms with Crippen molar-refractivity contribution in [3.63, 3.8) is 0 Å². The van der Waals surface area contributed by atoms with Crippen LogP contribution in [0.3, 0.4) is 0 Å². The number of likely N-dealkylation sites (tertiary alicyclic amines) is 1. The van der Waals surface area contributed by atoms with Crippen LogP contribution in [-0.2, 0) is 13.0 Å². The molecule has 0 aromatic carbocycles. The monoisotopic (exact) mass is 1600 g/mol. The number of imidazole rings is 1. The molecule has 115 heavy (non-hydrogen) atoms. The third-order valence-electron chi connectivity index (χ3n) is 31.8. The van der Waals surface area contributed by atoms with Gasteiger partial charge in [0, 0.05) is 131 Å². The van der Waals surface area contributed by atoms with Crippen molar-refractivity contribution in [3.8, 4) is 0 Å². The zero-order valence-electron chi connectivity index (χ0n) is 84.3. The fourth-order valence-corrected chi connectivity index (χ4v) is 21.0. The third-order valence-corrected chi connectivity index (χ3v) is 31.8. The normalized spacial score (nSPS) is 24.9. The Bertz CT molecular complexity index is 3180. The van der Waals surface area contributed by atoms with E-state index in [0.717, 1.165) is 82.7 Å². The Morgan fingerprint density at radius 2 is 0.965 bits per heavy atom. The molecular formula is C104H200N11+9. The minimum absolute atomic E-state index is 0.462. The first-order valence-corrected chi connectivity index (χ1v) is 48.4. The van der Waals surface area contributed by atoms with E-state index in [9.17, 15) is 0 Å². The lowest BCUT2D eigenvalue weighted by Crippen LogP contribution is -2.69. The molecule has 0 aliphatic carbocycles. The molecule has 4 atom stereocenters. The average molecular weight is 1600 g/mol. The van der Waals surface area contributed by atoms with Crippen LogP contribution in [0.25, 0.3) is 0 Å². The molecular weight excluding hydrogens is 1400 g/mol. The minimum Gasteiger partial charge on any atom is -0.325 e. The maximum Gasteiger partial charge on any atom is 0.256 e. The molecule has 8 fully saturated rings. The zero-order chi connectivity index (χ0) is 87.4. The smallest absolute Gasteiger partial charge is 0.256 e. The van der Waals surface area contributed by atoms with Gasteiger partial charge in [0.05, 0.1) is 146 Å². The van der Waals surface area contributed by atoms with Crippen molar-refractivity contribution in [3.05, 3.63) is 108 Å². The van der Waals surface area contributed by atoms with Gasteiger partial charge in [-0.2, -0.15) is 0 Å². The molecule has 9 aliphatic rings. The average Bonchev–Trinajstić information content (AvgIpc) is 1.10. The highest BCUT2D eigenvalue weighted by molar-refractivity contribution is 5.12. The second-order valence-corrected chi connectivity index (χ2v) is 44.5. The lowest BCUT2D eigenvalue weighted by Gasteiger charge is -2.61. The second kappa shape index (κ2) is 45.5. The van der Waals surface area contributed by atoms with E-state index in [1.807, 2.05) is 0 Å². The van der Waals surface area contributed by atoms with Gasteiger partial charge in [0.15, 0.2) is 54.8 Å². The maximum atomic E-state index is 2.68. The highest BCUT2D eigenvalue weighted by Gasteiger charge is 2.56. The summed E-state index contributed by atoms with van der Waals surface area (Å²) < 4.78 is 18.4. The minimum atomic E-state index is 0.462. The molecule has 662 valence electrons. The van der Waals surface area contributed by atoms with Gasteiger partial charge >= 0.3 is 0 Å². The van der Waals surface area contributed by atoms with Crippen LogP contribution in [0.5, 0.6) is 0 Å². The maximum absolute atomic E-state index is 2.68. The van der Waals surface area contributed by atoms with Crippen LogP contribution in [0.15, 0.2) is 79.6 Å². The number of fused-ring (bicyclic) bond motifs is 7. The Hall–Kier alpha value is -3.58. The Morgan fingerprint density at radius 1 is 0.452 bits per heavy atom. The molecule has 0 N–H and O–H groups in total. The molecule has 0 amide bonds. The number of piperidine rings is 4. The van der Waals surface area contributed by atoms with Crippen molar-refractivity contribution >= 4 is 0 Å². The van der Waals surface area contributed by atoms with E-state index in [1.54, 1.807) is 0 Å². The summed E-state index contributed by atoms with van der Waals surface area (Å²) in [5.74, 6) is 6.83. The summed E-state index contributed by atoms with van der Waals surface area (Å²) in [6.07, 6.45) is 31.9. The number of hydrogen-bond donors (Lipinski definition) is 0. The van der Waals surface area contributed by atoms with Gasteiger partial charge in [-0.25, -0.2) is 22.8 Å². The molecule has 11 heteroatoms. The van der Waals surface area contributed by atoms with E-state index >= 15 is 0 Å². The van der Waals surface area contributed by atoms with E-state index in [1.165, 1.54) is 195 Å². The first-order valence-electron chi connectivity index (χ1n) is 48.4. The van der Waals surface area contributed by atoms with Crippen molar-refractivity contribution in [1.82, 2.24) is 9.47 Å². The van der Waals surface area contributed by atoms with Gasteiger partial charge in [-0.3, -0.25) is 4.90 Å². The standard InChI is InChI=1S/2C14H28N.C13H27N2.C12H21N2.3C11H18N.C10H22N.C8H20N/c1-12(2)14-6-9-15(10-7-14,11-8-14)13(3,4)5;1-10(2)12-8-13-6-7-14(9-12)15(13,5)11(3)4;1-11(2)14-7-9-15(12(3)4)8-5-6-13(15)10-14;1-9(2)11-8-14(10(3)4)12-6-5-7-13(11)12;1-9(2)11-5-7-12(8-6-11)10(3)4;1-9(2)11-6-5-7-12(8-11)10(3)4;1-9(2)11-7-5-6-8-12(11)10(3)4;1-9(2)11(10(3)4)7-5-6-8-11;1-7(2)9(5,6)8(3)4/h12H,6-11H2,1-5H3;10-14H,6-9H2,1-5H3;11-13H,5-10H2,1-4H3;8-10H,5-7H2,1-4H3;3*5-10H,1-4H3;9-10H,5-8H2,1-4H3;7-8H,1-6H3/q9*+1. The van der Waals surface area contributed by atoms with Crippen LogP contribution in [0.1, 0.15) is 409 Å². The van der Waals surface area contributed by atoms with Crippen molar-refractivity contribution in [2.24, 2.45) is 23.2 Å². The summed E-state index contributed by atoms with van der Waals surface area (Å²) in [7, 11) is 7.06. The van der Waals surface area contributed by atoms with Crippen molar-refractivity contribution in [2.75, 3.05) is 80.0 Å². The molecule has 4 aromatic rings. The first-order chi connectivity index (χ1) is 53.3. The van der Waals surface area contributed by atoms with Gasteiger partial charge in [-0.05, 0) is 226 Å². The number of nitrogens with zero attached hydrogens (tertiary/aromatic N) is 11. The summed E-state index contributed by atoms with van der Waals surface area (Å²) in [4.78, 5) is 2.68. The molecule has 4 bridgehead atoms. The molecule has 4 aromatic heterocycles. The molecule has 0 saturated carbocycles. The molecule has 4 unspecified atom stereocenters. The first kappa shape index (κ1) is 104. The Balaban J connectivity index is 0.000000274. The number of pyridine rings is 3. The van der Waals surface area contributed by atoms with E-state index < -0.39 is 0 Å². The van der Waals surface area contributed by atoms with Crippen LogP contribution in [0.4, 0.5) is 0 Å². The van der Waals surface area contributed by atoms with Gasteiger partial charge in [-0.15, -0.1) is 0 Å². The molecule has 11 nitrogen and oxygen atoms in total. The van der Waals surface area contributed by atoms with Gasteiger partial charge in [0.25, 0.3) is 5.82 Å². The third kappa shape index (κ3) is 27.2. The van der Waals surface area contributed by atoms with Gasteiger partial charge in [-0.1, -0.05) is 89.2 Å². The van der Waals surface area contributed by atoms with E-state index in [-0.39, 0.29) is 0 Å². The summed E-state index contributed by atoms with van der Waals surface area (Å²) in [5.41, 5.74) is 6.91. The quantitative estimate of drug-likeness (QED) is 0.0763. The number of aromatic nitrogens is 5. The van der Waals surface area contributed by atoms with Gasteiger partial charge in [0.1, 0.15) is 17.9 Å². The molecule has 13 heterocycles. The van der Waals surface area contributed by atoms with Crippen LogP contribution in [0, 0.1) is 23.2 Å².